The number of nitrogens with one attached hydrogen (secondary N) is 1. The maximum absolute atomic E-state index is 14.4. The van der Waals surface area contributed by atoms with Gasteiger partial charge in [-0.2, -0.15) is 0 Å². The van der Waals surface area contributed by atoms with Crippen LogP contribution in [0.15, 0.2) is 121 Å². The molecule has 1 N–H and O–H groups in total. The zero-order valence-corrected chi connectivity index (χ0v) is 18.8. The fraction of sp³-hybridized carbons (Fsp3) is 0.194. The standard InChI is InChI=1S/C31H27NO2/c33-29-25-27(21-13-5-1-6-14-21)32-28(22-15-7-2-8-16-22)26(29)31(24-19-11-4-12-20-24)34-30(25)23-17-9-3-10-18-23/h1-20,25-28,30-32H/t25-,26-,27+,28+,30-,31-/m0/s1. The fourth-order valence-electron chi connectivity index (χ4n) is 5.71. The summed E-state index contributed by atoms with van der Waals surface area (Å²) in [6, 6.07) is 40.7. The van der Waals surface area contributed by atoms with Gasteiger partial charge in [-0.15, -0.1) is 0 Å². The molecule has 34 heavy (non-hydrogen) atoms. The molecule has 2 aliphatic heterocycles. The Morgan fingerprint density at radius 3 is 1.15 bits per heavy atom. The Hall–Kier alpha value is -3.53. The Balaban J connectivity index is 1.52. The average molecular weight is 446 g/mol. The number of hydrogen-bond donors (Lipinski definition) is 1. The number of fused-ring (bicyclic) bond motifs is 2. The van der Waals surface area contributed by atoms with Crippen LogP contribution in [0.25, 0.3) is 0 Å². The van der Waals surface area contributed by atoms with E-state index in [4.69, 9.17) is 4.74 Å². The van der Waals surface area contributed by atoms with Crippen molar-refractivity contribution in [2.24, 2.45) is 11.8 Å². The summed E-state index contributed by atoms with van der Waals surface area (Å²) in [5.74, 6) is -0.347. The lowest BCUT2D eigenvalue weighted by Gasteiger charge is -2.52. The molecule has 2 aliphatic rings. The summed E-state index contributed by atoms with van der Waals surface area (Å²) in [5.41, 5.74) is 4.31. The highest BCUT2D eigenvalue weighted by Crippen LogP contribution is 2.55. The van der Waals surface area contributed by atoms with Gasteiger partial charge >= 0.3 is 0 Å². The van der Waals surface area contributed by atoms with Crippen molar-refractivity contribution in [3.8, 4) is 0 Å². The number of hydrogen-bond acceptors (Lipinski definition) is 3. The van der Waals surface area contributed by atoms with Crippen molar-refractivity contribution in [1.82, 2.24) is 5.32 Å². The van der Waals surface area contributed by atoms with Crippen LogP contribution < -0.4 is 5.32 Å². The third-order valence-electron chi connectivity index (χ3n) is 7.25. The van der Waals surface area contributed by atoms with Crippen molar-refractivity contribution < 1.29 is 9.53 Å². The molecule has 0 radical (unpaired) electrons. The fourth-order valence-corrected chi connectivity index (χ4v) is 5.71. The van der Waals surface area contributed by atoms with E-state index in [1.807, 2.05) is 72.8 Å². The van der Waals surface area contributed by atoms with Crippen LogP contribution in [-0.2, 0) is 9.53 Å². The van der Waals surface area contributed by atoms with Gasteiger partial charge in [0.05, 0.1) is 24.0 Å². The van der Waals surface area contributed by atoms with E-state index >= 15 is 0 Å². The molecule has 2 heterocycles. The van der Waals surface area contributed by atoms with Gasteiger partial charge in [-0.1, -0.05) is 121 Å². The minimum Gasteiger partial charge on any atom is -0.364 e. The number of Topliss-reactive ketones (excluding diaryl/α,β-unsaturated/α-hetero) is 1. The smallest absolute Gasteiger partial charge is 0.148 e. The van der Waals surface area contributed by atoms with Crippen molar-refractivity contribution in [1.29, 1.82) is 0 Å². The molecule has 4 aromatic carbocycles. The molecule has 6 rings (SSSR count). The van der Waals surface area contributed by atoms with E-state index < -0.39 is 0 Å². The number of benzene rings is 4. The van der Waals surface area contributed by atoms with E-state index in [0.29, 0.717) is 0 Å². The predicted octanol–water partition coefficient (Wildman–Crippen LogP) is 6.39. The van der Waals surface area contributed by atoms with Crippen molar-refractivity contribution in [2.75, 3.05) is 0 Å². The second kappa shape index (κ2) is 9.02. The quantitative estimate of drug-likeness (QED) is 0.396. The number of ketones is 1. The lowest BCUT2D eigenvalue weighted by Crippen LogP contribution is -2.56. The van der Waals surface area contributed by atoms with E-state index in [9.17, 15) is 4.79 Å². The molecule has 0 saturated carbocycles. The van der Waals surface area contributed by atoms with E-state index in [-0.39, 0.29) is 41.9 Å². The first-order valence-electron chi connectivity index (χ1n) is 12.0. The van der Waals surface area contributed by atoms with Crippen LogP contribution in [-0.4, -0.2) is 5.78 Å². The van der Waals surface area contributed by atoms with Crippen LogP contribution >= 0.6 is 0 Å². The van der Waals surface area contributed by atoms with E-state index in [1.54, 1.807) is 0 Å². The van der Waals surface area contributed by atoms with Crippen LogP contribution in [0.4, 0.5) is 0 Å². The molecule has 0 unspecified atom stereocenters. The number of carbonyl (C=O) groups is 1. The van der Waals surface area contributed by atoms with Gasteiger partial charge in [0.2, 0.25) is 0 Å². The van der Waals surface area contributed by atoms with Gasteiger partial charge in [-0.3, -0.25) is 4.79 Å². The summed E-state index contributed by atoms with van der Waals surface area (Å²) in [6.07, 6.45) is -0.658. The van der Waals surface area contributed by atoms with Crippen molar-refractivity contribution >= 4 is 5.78 Å². The number of piperidine rings is 1. The Bertz CT molecular complexity index is 1050. The molecule has 3 heteroatoms. The van der Waals surface area contributed by atoms with Gasteiger partial charge in [0, 0.05) is 12.1 Å². The molecule has 2 fully saturated rings. The molecule has 2 saturated heterocycles. The highest BCUT2D eigenvalue weighted by Gasteiger charge is 2.56. The first-order valence-corrected chi connectivity index (χ1v) is 12.0. The molecule has 168 valence electrons. The predicted molar refractivity (Wildman–Crippen MR) is 133 cm³/mol. The Morgan fingerprint density at radius 1 is 0.471 bits per heavy atom. The Kier molecular flexibility index (Phi) is 5.58. The molecule has 0 amide bonds. The lowest BCUT2D eigenvalue weighted by molar-refractivity contribution is -0.177. The second-order valence-electron chi connectivity index (χ2n) is 9.20. The average Bonchev–Trinajstić information content (AvgIpc) is 2.91. The van der Waals surface area contributed by atoms with Gasteiger partial charge in [-0.05, 0) is 22.3 Å². The molecule has 2 bridgehead atoms. The Morgan fingerprint density at radius 2 is 0.794 bits per heavy atom. The molecule has 3 nitrogen and oxygen atoms in total. The van der Waals surface area contributed by atoms with Crippen LogP contribution in [0.2, 0.25) is 0 Å². The van der Waals surface area contributed by atoms with Crippen LogP contribution in [0, 0.1) is 11.8 Å². The van der Waals surface area contributed by atoms with E-state index in [2.05, 4.69) is 53.8 Å². The minimum absolute atomic E-state index is 0.142. The van der Waals surface area contributed by atoms with Gasteiger partial charge < -0.3 is 10.1 Å². The maximum Gasteiger partial charge on any atom is 0.148 e. The molecule has 0 aliphatic carbocycles. The third kappa shape index (κ3) is 3.67. The molecule has 6 atom stereocenters. The molecular formula is C31H27NO2. The highest BCUT2D eigenvalue weighted by molar-refractivity contribution is 5.88. The first kappa shape index (κ1) is 21.0. The molecule has 4 aromatic rings. The van der Waals surface area contributed by atoms with Gasteiger partial charge in [0.15, 0.2) is 0 Å². The SMILES string of the molecule is O=C1[C@@H]2[C@@H](c3ccccc3)N[C@H](c3ccccc3)[C@@H]1[C@H](c1ccccc1)O[C@H]2c1ccccc1. The highest BCUT2D eigenvalue weighted by atomic mass is 16.5. The summed E-state index contributed by atoms with van der Waals surface area (Å²) in [5, 5.41) is 3.92. The number of rotatable bonds is 4. The number of carbonyl (C=O) groups excluding carboxylic acids is 1. The van der Waals surface area contributed by atoms with Crippen LogP contribution in [0.1, 0.15) is 46.5 Å². The van der Waals surface area contributed by atoms with Crippen LogP contribution in [0.5, 0.6) is 0 Å². The van der Waals surface area contributed by atoms with Gasteiger partial charge in [0.25, 0.3) is 0 Å². The van der Waals surface area contributed by atoms with E-state index in [0.717, 1.165) is 22.3 Å². The topological polar surface area (TPSA) is 38.3 Å². The Labute approximate surface area is 200 Å². The van der Waals surface area contributed by atoms with E-state index in [1.165, 1.54) is 0 Å². The normalized spacial score (nSPS) is 28.4. The minimum atomic E-state index is -0.329. The second-order valence-corrected chi connectivity index (χ2v) is 9.20. The zero-order chi connectivity index (χ0) is 22.9. The largest absolute Gasteiger partial charge is 0.364 e. The van der Waals surface area contributed by atoms with Crippen LogP contribution in [0.3, 0.4) is 0 Å². The van der Waals surface area contributed by atoms with Crippen molar-refractivity contribution in [3.05, 3.63) is 144 Å². The summed E-state index contributed by atoms with van der Waals surface area (Å²) in [4.78, 5) is 14.4. The maximum atomic E-state index is 14.4. The van der Waals surface area contributed by atoms with Gasteiger partial charge in [-0.25, -0.2) is 0 Å². The first-order chi connectivity index (χ1) is 16.8. The summed E-state index contributed by atoms with van der Waals surface area (Å²) in [6.45, 7) is 0. The van der Waals surface area contributed by atoms with Gasteiger partial charge in [0.1, 0.15) is 5.78 Å². The third-order valence-corrected chi connectivity index (χ3v) is 7.25. The summed E-state index contributed by atoms with van der Waals surface area (Å²) in [7, 11) is 0. The lowest BCUT2D eigenvalue weighted by atomic mass is 9.66. The molecular weight excluding hydrogens is 418 g/mol. The summed E-state index contributed by atoms with van der Waals surface area (Å²) < 4.78 is 6.94. The summed E-state index contributed by atoms with van der Waals surface area (Å²) >= 11 is 0. The van der Waals surface area contributed by atoms with Crippen molar-refractivity contribution in [2.45, 2.75) is 24.3 Å². The number of ether oxygens (including phenoxy) is 1. The van der Waals surface area contributed by atoms with Crippen molar-refractivity contribution in [3.63, 3.8) is 0 Å². The molecule has 0 spiro atoms. The zero-order valence-electron chi connectivity index (χ0n) is 18.8. The monoisotopic (exact) mass is 445 g/mol. The molecule has 0 aromatic heterocycles.